The summed E-state index contributed by atoms with van der Waals surface area (Å²) in [6.07, 6.45) is 1.27. The zero-order chi connectivity index (χ0) is 23.8. The number of urea groups is 1. The van der Waals surface area contributed by atoms with Gasteiger partial charge < -0.3 is 15.4 Å². The summed E-state index contributed by atoms with van der Waals surface area (Å²) in [5.41, 5.74) is 2.63. The third-order valence-corrected chi connectivity index (χ3v) is 4.56. The number of nitrogens with zero attached hydrogens (tertiary/aromatic N) is 4. The number of aromatic nitrogens is 4. The lowest BCUT2D eigenvalue weighted by Crippen LogP contribution is -2.37. The van der Waals surface area contributed by atoms with E-state index in [9.17, 15) is 19.2 Å². The molecule has 4 amide bonds. The van der Waals surface area contributed by atoms with Gasteiger partial charge in [-0.15, -0.1) is 5.10 Å². The largest absolute Gasteiger partial charge is 0.452 e. The van der Waals surface area contributed by atoms with Crippen LogP contribution in [0.15, 0.2) is 48.8 Å². The fourth-order valence-corrected chi connectivity index (χ4v) is 2.77. The number of tetrazole rings is 1. The van der Waals surface area contributed by atoms with Crippen LogP contribution in [0.2, 0.25) is 0 Å². The van der Waals surface area contributed by atoms with Crippen LogP contribution >= 0.6 is 0 Å². The monoisotopic (exact) mass is 451 g/mol. The van der Waals surface area contributed by atoms with Crippen molar-refractivity contribution in [2.75, 3.05) is 17.2 Å². The van der Waals surface area contributed by atoms with Crippen LogP contribution in [0.1, 0.15) is 21.5 Å². The molecule has 0 fully saturated rings. The van der Waals surface area contributed by atoms with Crippen molar-refractivity contribution in [3.63, 3.8) is 0 Å². The van der Waals surface area contributed by atoms with Crippen molar-refractivity contribution in [2.24, 2.45) is 0 Å². The molecule has 12 heteroatoms. The molecule has 0 saturated carbocycles. The van der Waals surface area contributed by atoms with Gasteiger partial charge in [-0.2, -0.15) is 0 Å². The minimum absolute atomic E-state index is 0.0372. The summed E-state index contributed by atoms with van der Waals surface area (Å²) in [6, 6.07) is 10.8. The molecule has 33 heavy (non-hydrogen) atoms. The van der Waals surface area contributed by atoms with E-state index in [4.69, 9.17) is 4.74 Å². The molecule has 170 valence electrons. The highest BCUT2D eigenvalue weighted by molar-refractivity contribution is 6.04. The Morgan fingerprint density at radius 3 is 2.45 bits per heavy atom. The number of aryl methyl sites for hydroxylation is 1. The van der Waals surface area contributed by atoms with Crippen molar-refractivity contribution in [1.82, 2.24) is 25.5 Å². The first-order valence-corrected chi connectivity index (χ1v) is 9.77. The first-order valence-electron chi connectivity index (χ1n) is 9.77. The summed E-state index contributed by atoms with van der Waals surface area (Å²) >= 11 is 0. The second-order valence-corrected chi connectivity index (χ2v) is 6.93. The number of esters is 1. The van der Waals surface area contributed by atoms with Crippen LogP contribution in [0, 0.1) is 13.8 Å². The molecule has 12 nitrogen and oxygen atoms in total. The maximum absolute atomic E-state index is 12.4. The second-order valence-electron chi connectivity index (χ2n) is 6.93. The van der Waals surface area contributed by atoms with E-state index in [1.165, 1.54) is 23.1 Å². The Morgan fingerprint density at radius 2 is 1.70 bits per heavy atom. The van der Waals surface area contributed by atoms with E-state index in [0.29, 0.717) is 5.69 Å². The number of imide groups is 1. The zero-order valence-electron chi connectivity index (χ0n) is 17.9. The number of anilines is 2. The van der Waals surface area contributed by atoms with Gasteiger partial charge in [-0.05, 0) is 53.6 Å². The molecular weight excluding hydrogens is 430 g/mol. The number of nitrogens with one attached hydrogen (secondary N) is 3. The summed E-state index contributed by atoms with van der Waals surface area (Å²) in [6.45, 7) is 2.89. The number of hydrogen-bond acceptors (Lipinski definition) is 8. The number of para-hydroxylation sites is 1. The Morgan fingerprint density at radius 1 is 0.939 bits per heavy atom. The minimum Gasteiger partial charge on any atom is -0.452 e. The Hall–Kier alpha value is -4.61. The average Bonchev–Trinajstić information content (AvgIpc) is 3.28. The van der Waals surface area contributed by atoms with Gasteiger partial charge in [-0.3, -0.25) is 14.9 Å². The smallest absolute Gasteiger partial charge is 0.340 e. The first-order chi connectivity index (χ1) is 15.8. The molecule has 0 atom stereocenters. The molecule has 0 spiro atoms. The van der Waals surface area contributed by atoms with Crippen molar-refractivity contribution in [1.29, 1.82) is 0 Å². The van der Waals surface area contributed by atoms with Crippen molar-refractivity contribution in [3.8, 4) is 0 Å². The quantitative estimate of drug-likeness (QED) is 0.455. The number of hydrogen-bond donors (Lipinski definition) is 3. The molecule has 3 N–H and O–H groups in total. The minimum atomic E-state index is -0.849. The molecule has 2 aromatic carbocycles. The summed E-state index contributed by atoms with van der Waals surface area (Å²) in [7, 11) is 0. The van der Waals surface area contributed by atoms with Crippen LogP contribution in [-0.2, 0) is 20.9 Å². The van der Waals surface area contributed by atoms with Crippen LogP contribution in [-0.4, -0.2) is 50.6 Å². The molecule has 3 rings (SSSR count). The number of amides is 4. The predicted molar refractivity (Wildman–Crippen MR) is 116 cm³/mol. The van der Waals surface area contributed by atoms with Crippen LogP contribution < -0.4 is 16.0 Å². The van der Waals surface area contributed by atoms with Crippen LogP contribution in [0.5, 0.6) is 0 Å². The maximum Gasteiger partial charge on any atom is 0.340 e. The average molecular weight is 451 g/mol. The van der Waals surface area contributed by atoms with Gasteiger partial charge in [0.05, 0.1) is 11.3 Å². The molecule has 1 aromatic heterocycles. The van der Waals surface area contributed by atoms with E-state index in [2.05, 4.69) is 31.5 Å². The van der Waals surface area contributed by atoms with Gasteiger partial charge in [0.25, 0.3) is 5.91 Å². The van der Waals surface area contributed by atoms with Gasteiger partial charge in [-0.25, -0.2) is 14.3 Å². The van der Waals surface area contributed by atoms with Gasteiger partial charge in [0, 0.05) is 5.69 Å². The topological polar surface area (TPSA) is 157 Å². The lowest BCUT2D eigenvalue weighted by Gasteiger charge is -2.12. The molecule has 0 unspecified atom stereocenters. The van der Waals surface area contributed by atoms with Crippen molar-refractivity contribution in [3.05, 3.63) is 65.5 Å². The van der Waals surface area contributed by atoms with Gasteiger partial charge in [-0.1, -0.05) is 24.3 Å². The highest BCUT2D eigenvalue weighted by atomic mass is 16.5. The Bertz CT molecular complexity index is 1180. The predicted octanol–water partition coefficient (Wildman–Crippen LogP) is 1.43. The third kappa shape index (κ3) is 6.43. The van der Waals surface area contributed by atoms with Crippen molar-refractivity contribution >= 4 is 35.2 Å². The standard InChI is InChI=1S/C21H21N7O5/c1-13-6-5-9-16(14(13)2)24-21(32)25-19(30)11-33-20(31)15-7-3-4-8-17(15)23-18(29)10-28-12-22-26-27-28/h3-9,12H,10-11H2,1-2H3,(H,23,29)(H2,24,25,30,32). The highest BCUT2D eigenvalue weighted by Gasteiger charge is 2.17. The summed E-state index contributed by atoms with van der Waals surface area (Å²) < 4.78 is 6.20. The maximum atomic E-state index is 12.4. The Labute approximate surface area is 188 Å². The third-order valence-electron chi connectivity index (χ3n) is 4.56. The van der Waals surface area contributed by atoms with Gasteiger partial charge in [0.1, 0.15) is 12.9 Å². The van der Waals surface area contributed by atoms with E-state index in [-0.39, 0.29) is 17.8 Å². The van der Waals surface area contributed by atoms with E-state index in [1.54, 1.807) is 24.3 Å². The van der Waals surface area contributed by atoms with E-state index in [0.717, 1.165) is 11.1 Å². The van der Waals surface area contributed by atoms with E-state index in [1.807, 2.05) is 19.9 Å². The molecule has 0 aliphatic carbocycles. The lowest BCUT2D eigenvalue weighted by molar-refractivity contribution is -0.123. The normalized spacial score (nSPS) is 10.2. The molecule has 3 aromatic rings. The number of carbonyl (C=O) groups excluding carboxylic acids is 4. The fourth-order valence-electron chi connectivity index (χ4n) is 2.77. The number of carbonyl (C=O) groups is 4. The molecule has 0 radical (unpaired) electrons. The Balaban J connectivity index is 1.52. The Kier molecular flexibility index (Phi) is 7.42. The summed E-state index contributed by atoms with van der Waals surface area (Å²) in [5, 5.41) is 17.7. The van der Waals surface area contributed by atoms with Crippen LogP contribution in [0.25, 0.3) is 0 Å². The van der Waals surface area contributed by atoms with Crippen LogP contribution in [0.3, 0.4) is 0 Å². The van der Waals surface area contributed by atoms with Crippen LogP contribution in [0.4, 0.5) is 16.2 Å². The molecule has 0 aliphatic rings. The number of ether oxygens (including phenoxy) is 1. The number of rotatable bonds is 7. The zero-order valence-corrected chi connectivity index (χ0v) is 17.9. The van der Waals surface area contributed by atoms with Gasteiger partial charge >= 0.3 is 12.0 Å². The van der Waals surface area contributed by atoms with E-state index < -0.39 is 30.4 Å². The summed E-state index contributed by atoms with van der Waals surface area (Å²) in [4.78, 5) is 48.7. The summed E-state index contributed by atoms with van der Waals surface area (Å²) in [5.74, 6) is -2.13. The molecule has 0 aliphatic heterocycles. The van der Waals surface area contributed by atoms with Crippen molar-refractivity contribution in [2.45, 2.75) is 20.4 Å². The molecular formula is C21H21N7O5. The molecule has 0 bridgehead atoms. The fraction of sp³-hybridized carbons (Fsp3) is 0.190. The lowest BCUT2D eigenvalue weighted by atomic mass is 10.1. The number of benzene rings is 2. The SMILES string of the molecule is Cc1cccc(NC(=O)NC(=O)COC(=O)c2ccccc2NC(=O)Cn2cnnn2)c1C. The second kappa shape index (κ2) is 10.6. The molecule has 0 saturated heterocycles. The molecule has 1 heterocycles. The highest BCUT2D eigenvalue weighted by Crippen LogP contribution is 2.18. The van der Waals surface area contributed by atoms with E-state index >= 15 is 0 Å². The van der Waals surface area contributed by atoms with Gasteiger partial charge in [0.15, 0.2) is 6.61 Å². The van der Waals surface area contributed by atoms with Gasteiger partial charge in [0.2, 0.25) is 5.91 Å². The first kappa shape index (κ1) is 23.1. The van der Waals surface area contributed by atoms with Crippen molar-refractivity contribution < 1.29 is 23.9 Å².